The van der Waals surface area contributed by atoms with Gasteiger partial charge in [0.25, 0.3) is 5.56 Å². The molecule has 3 aromatic heterocycles. The Balaban J connectivity index is 2.08. The van der Waals surface area contributed by atoms with Crippen molar-refractivity contribution in [2.75, 3.05) is 0 Å². The van der Waals surface area contributed by atoms with Crippen molar-refractivity contribution in [3.63, 3.8) is 0 Å². The molecule has 0 aliphatic rings. The smallest absolute Gasteiger partial charge is 0.345 e. The predicted molar refractivity (Wildman–Crippen MR) is 74.3 cm³/mol. The molecule has 5 nitrogen and oxygen atoms in total. The highest BCUT2D eigenvalue weighted by molar-refractivity contribution is 7.20. The molecular formula is C12H8N2O3S2. The highest BCUT2D eigenvalue weighted by Crippen LogP contribution is 2.21. The lowest BCUT2D eigenvalue weighted by atomic mass is 10.3. The zero-order valence-electron chi connectivity index (χ0n) is 9.54. The van der Waals surface area contributed by atoms with Gasteiger partial charge in [-0.25, -0.2) is 9.78 Å². The topological polar surface area (TPSA) is 83.0 Å². The van der Waals surface area contributed by atoms with Gasteiger partial charge < -0.3 is 10.1 Å². The molecule has 2 N–H and O–H groups in total. The molecule has 0 saturated carbocycles. The molecule has 0 saturated heterocycles. The number of hydrogen-bond donors (Lipinski definition) is 2. The number of aromatic carboxylic acids is 1. The van der Waals surface area contributed by atoms with Crippen LogP contribution in [0.2, 0.25) is 0 Å². The van der Waals surface area contributed by atoms with Crippen molar-refractivity contribution in [2.45, 2.75) is 6.42 Å². The van der Waals surface area contributed by atoms with Gasteiger partial charge in [0.15, 0.2) is 0 Å². The van der Waals surface area contributed by atoms with Gasteiger partial charge in [0.1, 0.15) is 15.5 Å². The van der Waals surface area contributed by atoms with Crippen LogP contribution in [0.5, 0.6) is 0 Å². The minimum absolute atomic E-state index is 0.126. The van der Waals surface area contributed by atoms with Crippen LogP contribution in [0.3, 0.4) is 0 Å². The van der Waals surface area contributed by atoms with E-state index in [0.29, 0.717) is 22.5 Å². The zero-order valence-corrected chi connectivity index (χ0v) is 11.2. The molecule has 0 aliphatic heterocycles. The van der Waals surface area contributed by atoms with E-state index < -0.39 is 5.97 Å². The average molecular weight is 292 g/mol. The van der Waals surface area contributed by atoms with Crippen LogP contribution in [-0.2, 0) is 6.42 Å². The van der Waals surface area contributed by atoms with Gasteiger partial charge >= 0.3 is 5.97 Å². The predicted octanol–water partition coefficient (Wildman–Crippen LogP) is 2.34. The molecule has 96 valence electrons. The van der Waals surface area contributed by atoms with Gasteiger partial charge in [-0.1, -0.05) is 6.07 Å². The number of nitrogens with one attached hydrogen (secondary N) is 1. The van der Waals surface area contributed by atoms with Crippen molar-refractivity contribution in [3.8, 4) is 0 Å². The number of nitrogens with zero attached hydrogens (tertiary/aromatic N) is 1. The molecule has 3 heterocycles. The summed E-state index contributed by atoms with van der Waals surface area (Å²) in [6.07, 6.45) is 0.545. The fourth-order valence-corrected chi connectivity index (χ4v) is 3.34. The second-order valence-electron chi connectivity index (χ2n) is 3.90. The molecule has 0 atom stereocenters. The summed E-state index contributed by atoms with van der Waals surface area (Å²) in [5.41, 5.74) is -0.291. The number of hydrogen-bond acceptors (Lipinski definition) is 5. The molecule has 0 aliphatic carbocycles. The van der Waals surface area contributed by atoms with Gasteiger partial charge in [-0.05, 0) is 17.5 Å². The fraction of sp³-hybridized carbons (Fsp3) is 0.0833. The fourth-order valence-electron chi connectivity index (χ4n) is 1.74. The second-order valence-corrected chi connectivity index (χ2v) is 5.97. The highest BCUT2D eigenvalue weighted by Gasteiger charge is 2.13. The van der Waals surface area contributed by atoms with Gasteiger partial charge in [-0.2, -0.15) is 0 Å². The van der Waals surface area contributed by atoms with E-state index in [9.17, 15) is 9.59 Å². The minimum atomic E-state index is -1.04. The molecule has 0 aromatic carbocycles. The van der Waals surface area contributed by atoms with E-state index >= 15 is 0 Å². The van der Waals surface area contributed by atoms with Crippen molar-refractivity contribution in [1.82, 2.24) is 9.97 Å². The first kappa shape index (κ1) is 12.1. The Morgan fingerprint density at radius 2 is 2.32 bits per heavy atom. The van der Waals surface area contributed by atoms with Gasteiger partial charge in [-0.3, -0.25) is 4.79 Å². The van der Waals surface area contributed by atoms with Crippen LogP contribution in [-0.4, -0.2) is 21.0 Å². The monoisotopic (exact) mass is 292 g/mol. The SMILES string of the molecule is O=C(O)c1cc2c(=O)[nH]c(Cc3cccs3)nc2s1. The Morgan fingerprint density at radius 1 is 1.47 bits per heavy atom. The third kappa shape index (κ3) is 2.29. The maximum absolute atomic E-state index is 11.9. The third-order valence-corrected chi connectivity index (χ3v) is 4.48. The van der Waals surface area contributed by atoms with Crippen LogP contribution in [0.4, 0.5) is 0 Å². The number of fused-ring (bicyclic) bond motifs is 1. The Kier molecular flexibility index (Phi) is 2.92. The average Bonchev–Trinajstić information content (AvgIpc) is 2.97. The summed E-state index contributed by atoms with van der Waals surface area (Å²) >= 11 is 2.61. The zero-order chi connectivity index (χ0) is 13.4. The number of carboxylic acid groups (broad SMARTS) is 1. The molecule has 0 radical (unpaired) electrons. The molecule has 0 amide bonds. The van der Waals surface area contributed by atoms with Gasteiger partial charge in [0, 0.05) is 11.3 Å². The van der Waals surface area contributed by atoms with Gasteiger partial charge in [0.05, 0.1) is 5.39 Å². The summed E-state index contributed by atoms with van der Waals surface area (Å²) in [7, 11) is 0. The van der Waals surface area contributed by atoms with Crippen LogP contribution in [0.15, 0.2) is 28.4 Å². The number of aromatic amines is 1. The molecule has 19 heavy (non-hydrogen) atoms. The number of thiophene rings is 2. The minimum Gasteiger partial charge on any atom is -0.477 e. The molecule has 0 bridgehead atoms. The van der Waals surface area contributed by atoms with Crippen molar-refractivity contribution in [2.24, 2.45) is 0 Å². The Labute approximate surface area is 115 Å². The molecule has 3 rings (SSSR count). The van der Waals surface area contributed by atoms with Crippen molar-refractivity contribution < 1.29 is 9.90 Å². The lowest BCUT2D eigenvalue weighted by Gasteiger charge is -1.97. The van der Waals surface area contributed by atoms with Crippen LogP contribution in [0.25, 0.3) is 10.2 Å². The summed E-state index contributed by atoms with van der Waals surface area (Å²) in [5.74, 6) is -0.485. The molecule has 0 spiro atoms. The summed E-state index contributed by atoms with van der Waals surface area (Å²) in [6, 6.07) is 5.26. The summed E-state index contributed by atoms with van der Waals surface area (Å²) in [6.45, 7) is 0. The van der Waals surface area contributed by atoms with E-state index in [2.05, 4.69) is 9.97 Å². The van der Waals surface area contributed by atoms with Gasteiger partial charge in [0.2, 0.25) is 0 Å². The maximum atomic E-state index is 11.9. The number of carbonyl (C=O) groups is 1. The van der Waals surface area contributed by atoms with E-state index in [1.165, 1.54) is 6.07 Å². The van der Waals surface area contributed by atoms with E-state index in [0.717, 1.165) is 16.2 Å². The number of aromatic nitrogens is 2. The van der Waals surface area contributed by atoms with Crippen LogP contribution in [0.1, 0.15) is 20.4 Å². The first-order chi connectivity index (χ1) is 9.13. The highest BCUT2D eigenvalue weighted by atomic mass is 32.1. The quantitative estimate of drug-likeness (QED) is 0.776. The van der Waals surface area contributed by atoms with Crippen LogP contribution in [0, 0.1) is 0 Å². The molecule has 0 unspecified atom stereocenters. The van der Waals surface area contributed by atoms with Crippen LogP contribution >= 0.6 is 22.7 Å². The molecule has 3 aromatic rings. The standard InChI is InChI=1S/C12H8N2O3S2/c15-10-7-5-8(12(16)17)19-11(7)14-9(13-10)4-6-2-1-3-18-6/h1-3,5H,4H2,(H,16,17)(H,13,14,15). The molecular weight excluding hydrogens is 284 g/mol. The lowest BCUT2D eigenvalue weighted by molar-refractivity contribution is 0.0702. The van der Waals surface area contributed by atoms with E-state index in [4.69, 9.17) is 5.11 Å². The number of rotatable bonds is 3. The molecule has 0 fully saturated rings. The van der Waals surface area contributed by atoms with Crippen molar-refractivity contribution >= 4 is 38.9 Å². The van der Waals surface area contributed by atoms with Gasteiger partial charge in [-0.15, -0.1) is 22.7 Å². The Hall–Kier alpha value is -1.99. The summed E-state index contributed by atoms with van der Waals surface area (Å²) in [4.78, 5) is 31.5. The Morgan fingerprint density at radius 3 is 3.00 bits per heavy atom. The largest absolute Gasteiger partial charge is 0.477 e. The normalized spacial score (nSPS) is 10.9. The molecule has 7 heteroatoms. The Bertz CT molecular complexity index is 802. The number of H-pyrrole nitrogens is 1. The van der Waals surface area contributed by atoms with Crippen molar-refractivity contribution in [1.29, 1.82) is 0 Å². The summed E-state index contributed by atoms with van der Waals surface area (Å²) < 4.78 is 0. The third-order valence-electron chi connectivity index (χ3n) is 2.58. The van der Waals surface area contributed by atoms with Crippen molar-refractivity contribution in [3.05, 3.63) is 49.5 Å². The first-order valence-corrected chi connectivity index (χ1v) is 7.11. The lowest BCUT2D eigenvalue weighted by Crippen LogP contribution is -2.10. The van der Waals surface area contributed by atoms with Crippen LogP contribution < -0.4 is 5.56 Å². The van der Waals surface area contributed by atoms with E-state index in [1.807, 2.05) is 17.5 Å². The maximum Gasteiger partial charge on any atom is 0.345 e. The second kappa shape index (κ2) is 4.60. The number of carboxylic acids is 1. The summed E-state index contributed by atoms with van der Waals surface area (Å²) in [5, 5.41) is 11.2. The van der Waals surface area contributed by atoms with E-state index in [1.54, 1.807) is 11.3 Å². The van der Waals surface area contributed by atoms with E-state index in [-0.39, 0.29) is 10.4 Å². The first-order valence-electron chi connectivity index (χ1n) is 5.42.